The Labute approximate surface area is 134 Å². The number of thiazole rings is 1. The lowest BCUT2D eigenvalue weighted by Crippen LogP contribution is -2.21. The maximum Gasteiger partial charge on any atom is 0.265 e. The van der Waals surface area contributed by atoms with E-state index in [2.05, 4.69) is 17.2 Å². The summed E-state index contributed by atoms with van der Waals surface area (Å²) in [7, 11) is 3.38. The van der Waals surface area contributed by atoms with Crippen molar-refractivity contribution in [1.82, 2.24) is 9.88 Å². The molecule has 1 aromatic heterocycles. The molecule has 0 saturated carbocycles. The van der Waals surface area contributed by atoms with Crippen LogP contribution in [0.4, 0.5) is 5.13 Å². The molecule has 1 aromatic carbocycles. The smallest absolute Gasteiger partial charge is 0.265 e. The molecule has 1 heterocycles. The zero-order valence-electron chi connectivity index (χ0n) is 13.1. The minimum atomic E-state index is -0.222. The molecular weight excluding hydrogens is 298 g/mol. The van der Waals surface area contributed by atoms with Crippen LogP contribution in [0.5, 0.6) is 0 Å². The molecule has 2 aromatic rings. The number of carbonyl (C=O) groups excluding carboxylic acids is 2. The van der Waals surface area contributed by atoms with Gasteiger partial charge < -0.3 is 4.90 Å². The second-order valence-corrected chi connectivity index (χ2v) is 6.14. The number of rotatable bonds is 4. The van der Waals surface area contributed by atoms with Gasteiger partial charge in [-0.2, -0.15) is 0 Å². The zero-order chi connectivity index (χ0) is 16.3. The van der Waals surface area contributed by atoms with Crippen molar-refractivity contribution in [3.05, 3.63) is 46.0 Å². The summed E-state index contributed by atoms with van der Waals surface area (Å²) in [5, 5.41) is 3.19. The molecule has 0 unspecified atom stereocenters. The van der Waals surface area contributed by atoms with Crippen LogP contribution in [0.3, 0.4) is 0 Å². The Kier molecular flexibility index (Phi) is 4.92. The van der Waals surface area contributed by atoms with E-state index in [-0.39, 0.29) is 11.8 Å². The van der Waals surface area contributed by atoms with Crippen molar-refractivity contribution in [2.24, 2.45) is 0 Å². The number of hydrogen-bond donors (Lipinski definition) is 1. The van der Waals surface area contributed by atoms with Crippen molar-refractivity contribution in [2.75, 3.05) is 19.4 Å². The zero-order valence-corrected chi connectivity index (χ0v) is 14.0. The molecule has 0 saturated heterocycles. The molecular formula is C16H19N3O2S. The molecule has 0 fully saturated rings. The first kappa shape index (κ1) is 16.2. The summed E-state index contributed by atoms with van der Waals surface area (Å²) in [6.45, 7) is 3.83. The fourth-order valence-electron chi connectivity index (χ4n) is 1.91. The van der Waals surface area contributed by atoms with Crippen LogP contribution in [0.1, 0.15) is 38.2 Å². The van der Waals surface area contributed by atoms with E-state index in [1.807, 2.05) is 12.1 Å². The van der Waals surface area contributed by atoms with Gasteiger partial charge in [-0.25, -0.2) is 4.98 Å². The summed E-state index contributed by atoms with van der Waals surface area (Å²) in [4.78, 5) is 30.5. The van der Waals surface area contributed by atoms with E-state index in [4.69, 9.17) is 0 Å². The van der Waals surface area contributed by atoms with E-state index in [1.54, 1.807) is 33.2 Å². The van der Waals surface area contributed by atoms with Gasteiger partial charge in [0.15, 0.2) is 5.13 Å². The lowest BCUT2D eigenvalue weighted by atomic mass is 10.1. The molecule has 0 radical (unpaired) electrons. The van der Waals surface area contributed by atoms with Gasteiger partial charge in [0.2, 0.25) is 0 Å². The van der Waals surface area contributed by atoms with Crippen molar-refractivity contribution in [1.29, 1.82) is 0 Å². The van der Waals surface area contributed by atoms with Crippen LogP contribution >= 0.6 is 11.3 Å². The van der Waals surface area contributed by atoms with Crippen molar-refractivity contribution < 1.29 is 9.59 Å². The third-order valence-electron chi connectivity index (χ3n) is 3.24. The molecule has 0 aliphatic rings. The average molecular weight is 317 g/mol. The Morgan fingerprint density at radius 1 is 1.23 bits per heavy atom. The van der Waals surface area contributed by atoms with Crippen LogP contribution in [0.15, 0.2) is 24.3 Å². The first-order valence-corrected chi connectivity index (χ1v) is 7.83. The largest absolute Gasteiger partial charge is 0.344 e. The van der Waals surface area contributed by atoms with E-state index in [9.17, 15) is 9.59 Å². The normalized spacial score (nSPS) is 10.4. The number of benzene rings is 1. The van der Waals surface area contributed by atoms with Gasteiger partial charge in [0.25, 0.3) is 11.8 Å². The topological polar surface area (TPSA) is 62.3 Å². The van der Waals surface area contributed by atoms with Gasteiger partial charge in [-0.15, -0.1) is 0 Å². The van der Waals surface area contributed by atoms with Crippen LogP contribution in [0.25, 0.3) is 0 Å². The number of aryl methyl sites for hydroxylation is 2. The summed E-state index contributed by atoms with van der Waals surface area (Å²) in [6, 6.07) is 7.45. The molecule has 2 rings (SSSR count). The summed E-state index contributed by atoms with van der Waals surface area (Å²) in [5.74, 6) is -0.331. The second kappa shape index (κ2) is 6.70. The lowest BCUT2D eigenvalue weighted by molar-refractivity contribution is 0.0831. The second-order valence-electron chi connectivity index (χ2n) is 5.14. The molecule has 116 valence electrons. The monoisotopic (exact) mass is 317 g/mol. The highest BCUT2D eigenvalue weighted by Gasteiger charge is 2.18. The molecule has 0 bridgehead atoms. The molecule has 0 aliphatic carbocycles. The fourth-order valence-corrected chi connectivity index (χ4v) is 2.90. The van der Waals surface area contributed by atoms with Gasteiger partial charge in [0.1, 0.15) is 4.88 Å². The number of hydrogen-bond acceptors (Lipinski definition) is 4. The average Bonchev–Trinajstić information content (AvgIpc) is 2.86. The van der Waals surface area contributed by atoms with E-state index >= 15 is 0 Å². The number of aromatic nitrogens is 1. The molecule has 0 atom stereocenters. The molecule has 1 N–H and O–H groups in total. The summed E-state index contributed by atoms with van der Waals surface area (Å²) >= 11 is 1.19. The first-order chi connectivity index (χ1) is 10.4. The Balaban J connectivity index is 2.14. The standard InChI is InChI=1S/C16H19N3O2S/c1-5-11-6-8-12(9-7-11)14(20)18-16-17-10(2)13(22-16)15(21)19(3)4/h6-9H,5H2,1-4H3,(H,17,18,20). The van der Waals surface area contributed by atoms with Gasteiger partial charge in [-0.3, -0.25) is 14.9 Å². The summed E-state index contributed by atoms with van der Waals surface area (Å²) in [6.07, 6.45) is 0.934. The minimum Gasteiger partial charge on any atom is -0.344 e. The van der Waals surface area contributed by atoms with Gasteiger partial charge in [-0.05, 0) is 31.0 Å². The van der Waals surface area contributed by atoms with Crippen LogP contribution in [0.2, 0.25) is 0 Å². The third kappa shape index (κ3) is 3.51. The van der Waals surface area contributed by atoms with Gasteiger partial charge in [0, 0.05) is 19.7 Å². The number of carbonyl (C=O) groups is 2. The van der Waals surface area contributed by atoms with Crippen LogP contribution < -0.4 is 5.32 Å². The van der Waals surface area contributed by atoms with Crippen molar-refractivity contribution in [2.45, 2.75) is 20.3 Å². The number of nitrogens with one attached hydrogen (secondary N) is 1. The predicted octanol–water partition coefficient (Wildman–Crippen LogP) is 2.97. The maximum absolute atomic E-state index is 12.2. The Bertz CT molecular complexity index is 690. The fraction of sp³-hybridized carbons (Fsp3) is 0.312. The van der Waals surface area contributed by atoms with E-state index in [1.165, 1.54) is 21.8 Å². The third-order valence-corrected chi connectivity index (χ3v) is 4.30. The van der Waals surface area contributed by atoms with Crippen molar-refractivity contribution >= 4 is 28.3 Å². The highest BCUT2D eigenvalue weighted by Crippen LogP contribution is 2.24. The first-order valence-electron chi connectivity index (χ1n) is 7.01. The summed E-state index contributed by atoms with van der Waals surface area (Å²) < 4.78 is 0. The van der Waals surface area contributed by atoms with Gasteiger partial charge in [-0.1, -0.05) is 30.4 Å². The van der Waals surface area contributed by atoms with Crippen LogP contribution in [0, 0.1) is 6.92 Å². The van der Waals surface area contributed by atoms with E-state index < -0.39 is 0 Å². The summed E-state index contributed by atoms with van der Waals surface area (Å²) in [5.41, 5.74) is 2.38. The van der Waals surface area contributed by atoms with Crippen molar-refractivity contribution in [3.8, 4) is 0 Å². The molecule has 6 heteroatoms. The molecule has 22 heavy (non-hydrogen) atoms. The number of amides is 2. The highest BCUT2D eigenvalue weighted by atomic mass is 32.1. The number of nitrogens with zero attached hydrogens (tertiary/aromatic N) is 2. The Hall–Kier alpha value is -2.21. The van der Waals surface area contributed by atoms with Crippen LogP contribution in [-0.4, -0.2) is 35.8 Å². The Morgan fingerprint density at radius 2 is 1.86 bits per heavy atom. The van der Waals surface area contributed by atoms with E-state index in [0.717, 1.165) is 6.42 Å². The van der Waals surface area contributed by atoms with Gasteiger partial charge in [0.05, 0.1) is 5.69 Å². The molecule has 0 spiro atoms. The molecule has 2 amide bonds. The van der Waals surface area contributed by atoms with Crippen LogP contribution in [-0.2, 0) is 6.42 Å². The maximum atomic E-state index is 12.2. The highest BCUT2D eigenvalue weighted by molar-refractivity contribution is 7.17. The van der Waals surface area contributed by atoms with Gasteiger partial charge >= 0.3 is 0 Å². The van der Waals surface area contributed by atoms with E-state index in [0.29, 0.717) is 21.3 Å². The SMILES string of the molecule is CCc1ccc(C(=O)Nc2nc(C)c(C(=O)N(C)C)s2)cc1. The molecule has 0 aliphatic heterocycles. The van der Waals surface area contributed by atoms with Crippen molar-refractivity contribution in [3.63, 3.8) is 0 Å². The molecule has 5 nitrogen and oxygen atoms in total. The Morgan fingerprint density at radius 3 is 2.41 bits per heavy atom. The number of anilines is 1. The quantitative estimate of drug-likeness (QED) is 0.943. The predicted molar refractivity (Wildman–Crippen MR) is 88.6 cm³/mol. The minimum absolute atomic E-state index is 0.109. The lowest BCUT2D eigenvalue weighted by Gasteiger charge is -2.07.